The summed E-state index contributed by atoms with van der Waals surface area (Å²) in [6.45, 7) is 5.57. The van der Waals surface area contributed by atoms with Gasteiger partial charge in [-0.3, -0.25) is 9.59 Å². The quantitative estimate of drug-likeness (QED) is 0.616. The van der Waals surface area contributed by atoms with E-state index in [1.165, 1.54) is 13.8 Å². The van der Waals surface area contributed by atoms with Crippen LogP contribution in [0.25, 0.3) is 0 Å². The highest BCUT2D eigenvalue weighted by Crippen LogP contribution is 2.22. The van der Waals surface area contributed by atoms with Crippen LogP contribution in [0.3, 0.4) is 0 Å². The lowest BCUT2D eigenvalue weighted by Crippen LogP contribution is -2.47. The van der Waals surface area contributed by atoms with Gasteiger partial charge in [-0.2, -0.15) is 0 Å². The Hall–Kier alpha value is -1.49. The Morgan fingerprint density at radius 2 is 1.89 bits per heavy atom. The molecule has 19 heavy (non-hydrogen) atoms. The number of rotatable bonds is 6. The Morgan fingerprint density at radius 3 is 2.42 bits per heavy atom. The molecule has 0 aliphatic heterocycles. The van der Waals surface area contributed by atoms with Gasteiger partial charge >= 0.3 is 0 Å². The van der Waals surface area contributed by atoms with Gasteiger partial charge in [0.25, 0.3) is 0 Å². The van der Waals surface area contributed by atoms with Gasteiger partial charge in [-0.25, -0.2) is 0 Å². The van der Waals surface area contributed by atoms with Crippen molar-refractivity contribution in [3.05, 3.63) is 30.3 Å². The van der Waals surface area contributed by atoms with Gasteiger partial charge in [-0.05, 0) is 26.0 Å². The number of carbonyl (C=O) groups is 2. The molecule has 1 unspecified atom stereocenters. The molecule has 3 N–H and O–H groups in total. The van der Waals surface area contributed by atoms with E-state index in [2.05, 4.69) is 5.32 Å². The fourth-order valence-electron chi connectivity index (χ4n) is 1.34. The van der Waals surface area contributed by atoms with Gasteiger partial charge in [0.2, 0.25) is 11.8 Å². The molecule has 1 aromatic rings. The van der Waals surface area contributed by atoms with Crippen LogP contribution in [0.15, 0.2) is 35.2 Å². The average Bonchev–Trinajstić information content (AvgIpc) is 2.36. The standard InChI is InChI=1S/C14H20N2O2S/c1-10(19-11-7-5-4-6-8-11)9-16-13(18)14(2,3)12(15)17/h4-8,10H,9H2,1-3H3,(H2,15,17)(H,16,18). The van der Waals surface area contributed by atoms with Crippen LogP contribution in [-0.4, -0.2) is 23.6 Å². The molecule has 0 aliphatic carbocycles. The highest BCUT2D eigenvalue weighted by atomic mass is 32.2. The van der Waals surface area contributed by atoms with Gasteiger partial charge in [0, 0.05) is 16.7 Å². The number of hydrogen-bond acceptors (Lipinski definition) is 3. The van der Waals surface area contributed by atoms with Crippen molar-refractivity contribution in [3.63, 3.8) is 0 Å². The third-order valence-electron chi connectivity index (χ3n) is 2.81. The van der Waals surface area contributed by atoms with Crippen molar-refractivity contribution in [2.75, 3.05) is 6.54 Å². The lowest BCUT2D eigenvalue weighted by Gasteiger charge is -2.21. The van der Waals surface area contributed by atoms with Crippen LogP contribution in [0.1, 0.15) is 20.8 Å². The first-order valence-electron chi connectivity index (χ1n) is 6.14. The molecule has 0 fully saturated rings. The maximum Gasteiger partial charge on any atom is 0.235 e. The molecule has 1 aromatic carbocycles. The summed E-state index contributed by atoms with van der Waals surface area (Å²) in [5.74, 6) is -0.950. The van der Waals surface area contributed by atoms with Crippen molar-refractivity contribution in [2.24, 2.45) is 11.1 Å². The Balaban J connectivity index is 2.45. The van der Waals surface area contributed by atoms with Crippen LogP contribution < -0.4 is 11.1 Å². The van der Waals surface area contributed by atoms with Crippen LogP contribution in [0.4, 0.5) is 0 Å². The number of amides is 2. The van der Waals surface area contributed by atoms with Gasteiger partial charge in [-0.15, -0.1) is 11.8 Å². The lowest BCUT2D eigenvalue weighted by atomic mass is 9.91. The molecule has 104 valence electrons. The molecule has 0 aromatic heterocycles. The number of thioether (sulfide) groups is 1. The molecule has 0 aliphatic rings. The third kappa shape index (κ3) is 4.59. The fourth-order valence-corrected chi connectivity index (χ4v) is 2.29. The van der Waals surface area contributed by atoms with Crippen molar-refractivity contribution in [1.29, 1.82) is 0 Å². The predicted molar refractivity (Wildman–Crippen MR) is 77.7 cm³/mol. The maximum atomic E-state index is 11.8. The van der Waals surface area contributed by atoms with Crippen molar-refractivity contribution in [2.45, 2.75) is 30.9 Å². The van der Waals surface area contributed by atoms with Crippen molar-refractivity contribution in [3.8, 4) is 0 Å². The van der Waals surface area contributed by atoms with Crippen LogP contribution in [0.5, 0.6) is 0 Å². The molecule has 0 radical (unpaired) electrons. The summed E-state index contributed by atoms with van der Waals surface area (Å²) in [6.07, 6.45) is 0. The minimum Gasteiger partial charge on any atom is -0.369 e. The lowest BCUT2D eigenvalue weighted by molar-refractivity contribution is -0.139. The molecule has 0 saturated carbocycles. The number of benzene rings is 1. The van der Waals surface area contributed by atoms with Crippen molar-refractivity contribution in [1.82, 2.24) is 5.32 Å². The van der Waals surface area contributed by atoms with Crippen LogP contribution in [-0.2, 0) is 9.59 Å². The van der Waals surface area contributed by atoms with E-state index in [-0.39, 0.29) is 11.2 Å². The van der Waals surface area contributed by atoms with E-state index in [0.717, 1.165) is 4.90 Å². The minimum absolute atomic E-state index is 0.218. The molecule has 1 rings (SSSR count). The van der Waals surface area contributed by atoms with E-state index in [1.54, 1.807) is 11.8 Å². The fraction of sp³-hybridized carbons (Fsp3) is 0.429. The maximum absolute atomic E-state index is 11.8. The number of primary amides is 1. The molecule has 0 heterocycles. The second-order valence-corrected chi connectivity index (χ2v) is 6.45. The SMILES string of the molecule is CC(CNC(=O)C(C)(C)C(N)=O)Sc1ccccc1. The zero-order valence-electron chi connectivity index (χ0n) is 11.5. The largest absolute Gasteiger partial charge is 0.369 e. The zero-order valence-corrected chi connectivity index (χ0v) is 12.3. The minimum atomic E-state index is -1.17. The summed E-state index contributed by atoms with van der Waals surface area (Å²) in [5.41, 5.74) is 4.03. The highest BCUT2D eigenvalue weighted by molar-refractivity contribution is 8.00. The number of nitrogens with one attached hydrogen (secondary N) is 1. The molecule has 0 spiro atoms. The molecule has 1 atom stereocenters. The van der Waals surface area contributed by atoms with Crippen LogP contribution in [0, 0.1) is 5.41 Å². The Bertz CT molecular complexity index is 446. The van der Waals surface area contributed by atoms with Gasteiger partial charge in [0.15, 0.2) is 0 Å². The van der Waals surface area contributed by atoms with Gasteiger partial charge < -0.3 is 11.1 Å². The zero-order chi connectivity index (χ0) is 14.5. The first kappa shape index (κ1) is 15.6. The van der Waals surface area contributed by atoms with E-state index in [0.29, 0.717) is 6.54 Å². The highest BCUT2D eigenvalue weighted by Gasteiger charge is 2.33. The van der Waals surface area contributed by atoms with Crippen LogP contribution in [0.2, 0.25) is 0 Å². The first-order chi connectivity index (χ1) is 8.84. The summed E-state index contributed by atoms with van der Waals surface area (Å²) in [4.78, 5) is 24.1. The molecular formula is C14H20N2O2S. The molecule has 0 bridgehead atoms. The summed E-state index contributed by atoms with van der Waals surface area (Å²) < 4.78 is 0. The Kier molecular flexibility index (Phi) is 5.42. The first-order valence-corrected chi connectivity index (χ1v) is 7.02. The molecule has 0 saturated heterocycles. The molecule has 5 heteroatoms. The topological polar surface area (TPSA) is 72.2 Å². The average molecular weight is 280 g/mol. The molecule has 2 amide bonds. The van der Waals surface area contributed by atoms with Gasteiger partial charge in [-0.1, -0.05) is 25.1 Å². The van der Waals surface area contributed by atoms with Gasteiger partial charge in [0.05, 0.1) is 0 Å². The summed E-state index contributed by atoms with van der Waals surface area (Å²) in [6, 6.07) is 9.96. The number of carbonyl (C=O) groups excluding carboxylic acids is 2. The van der Waals surface area contributed by atoms with E-state index < -0.39 is 11.3 Å². The molecular weight excluding hydrogens is 260 g/mol. The van der Waals surface area contributed by atoms with Crippen molar-refractivity contribution >= 4 is 23.6 Å². The summed E-state index contributed by atoms with van der Waals surface area (Å²) in [5, 5.41) is 2.98. The smallest absolute Gasteiger partial charge is 0.235 e. The number of nitrogens with two attached hydrogens (primary N) is 1. The van der Waals surface area contributed by atoms with E-state index >= 15 is 0 Å². The second-order valence-electron chi connectivity index (χ2n) is 4.94. The Morgan fingerprint density at radius 1 is 1.32 bits per heavy atom. The van der Waals surface area contributed by atoms with E-state index in [1.807, 2.05) is 37.3 Å². The monoisotopic (exact) mass is 280 g/mol. The van der Waals surface area contributed by atoms with Crippen LogP contribution >= 0.6 is 11.8 Å². The third-order valence-corrected chi connectivity index (χ3v) is 3.93. The van der Waals surface area contributed by atoms with E-state index in [9.17, 15) is 9.59 Å². The van der Waals surface area contributed by atoms with E-state index in [4.69, 9.17) is 5.73 Å². The number of hydrogen-bond donors (Lipinski definition) is 2. The van der Waals surface area contributed by atoms with Crippen molar-refractivity contribution < 1.29 is 9.59 Å². The Labute approximate surface area is 118 Å². The normalized spacial score (nSPS) is 12.8. The van der Waals surface area contributed by atoms with Gasteiger partial charge in [0.1, 0.15) is 5.41 Å². The molecule has 4 nitrogen and oxygen atoms in total. The summed E-state index contributed by atoms with van der Waals surface area (Å²) in [7, 11) is 0. The summed E-state index contributed by atoms with van der Waals surface area (Å²) >= 11 is 1.67. The second kappa shape index (κ2) is 6.61. The predicted octanol–water partition coefficient (Wildman–Crippen LogP) is 1.79.